The van der Waals surface area contributed by atoms with Crippen LogP contribution in [0.5, 0.6) is 11.5 Å². The standard InChI is InChI=1S/C51H75NO4/c1-3-5-7-9-11-13-15-17-19-21-23-25-27-29-31-35-39-55-46-41-45(44-52-50(53)48-37-33-34-38-49(48)51(52)54)42-47(43-46)56-40-36-32-30-28-26-24-22-20-18-16-14-12-10-8-6-4-2/h11-14,17-20,33-34,37-38,41-43H,3-10,15-16,21-32,35-36,39-40,44H2,1-2H3/b13-11-,14-12-,19-17-,20-18-. The summed E-state index contributed by atoms with van der Waals surface area (Å²) < 4.78 is 12.5. The van der Waals surface area contributed by atoms with Gasteiger partial charge < -0.3 is 9.47 Å². The zero-order chi connectivity index (χ0) is 39.7. The highest BCUT2D eigenvalue weighted by Gasteiger charge is 2.35. The van der Waals surface area contributed by atoms with E-state index < -0.39 is 0 Å². The fourth-order valence-electron chi connectivity index (χ4n) is 7.01. The Hall–Kier alpha value is -3.86. The first-order valence-corrected chi connectivity index (χ1v) is 22.6. The highest BCUT2D eigenvalue weighted by atomic mass is 16.5. The predicted molar refractivity (Wildman–Crippen MR) is 237 cm³/mol. The van der Waals surface area contributed by atoms with Crippen molar-refractivity contribution < 1.29 is 19.1 Å². The first-order valence-electron chi connectivity index (χ1n) is 22.6. The molecule has 0 bridgehead atoms. The molecule has 56 heavy (non-hydrogen) atoms. The van der Waals surface area contributed by atoms with Crippen molar-refractivity contribution in [2.75, 3.05) is 13.2 Å². The van der Waals surface area contributed by atoms with Gasteiger partial charge in [0, 0.05) is 6.07 Å². The molecule has 0 saturated heterocycles. The van der Waals surface area contributed by atoms with Gasteiger partial charge in [0.1, 0.15) is 11.5 Å². The summed E-state index contributed by atoms with van der Waals surface area (Å²) >= 11 is 0. The van der Waals surface area contributed by atoms with E-state index >= 15 is 0 Å². The number of benzene rings is 2. The number of carbonyl (C=O) groups excluding carboxylic acids is 2. The molecule has 5 nitrogen and oxygen atoms in total. The Balaban J connectivity index is 1.34. The Kier molecular flexibility index (Phi) is 26.0. The molecule has 2 aromatic rings. The van der Waals surface area contributed by atoms with Crippen molar-refractivity contribution >= 4 is 11.8 Å². The summed E-state index contributed by atoms with van der Waals surface area (Å²) in [6.07, 6.45) is 47.6. The Bertz CT molecular complexity index is 1370. The number of imide groups is 1. The molecule has 0 N–H and O–H groups in total. The second-order valence-electron chi connectivity index (χ2n) is 15.4. The average Bonchev–Trinajstić information content (AvgIpc) is 3.44. The van der Waals surface area contributed by atoms with E-state index in [1.807, 2.05) is 18.2 Å². The van der Waals surface area contributed by atoms with E-state index in [-0.39, 0.29) is 18.4 Å². The van der Waals surface area contributed by atoms with Gasteiger partial charge in [-0.2, -0.15) is 0 Å². The fourth-order valence-corrected chi connectivity index (χ4v) is 7.01. The Labute approximate surface area is 341 Å². The number of amides is 2. The molecule has 1 aliphatic rings. The van der Waals surface area contributed by atoms with Crippen LogP contribution in [0.1, 0.15) is 194 Å². The molecule has 0 aromatic heterocycles. The molecule has 0 spiro atoms. The lowest BCUT2D eigenvalue weighted by Gasteiger charge is -2.17. The molecule has 0 fully saturated rings. The van der Waals surface area contributed by atoms with Gasteiger partial charge in [-0.25, -0.2) is 0 Å². The van der Waals surface area contributed by atoms with Crippen LogP contribution in [0.3, 0.4) is 0 Å². The minimum atomic E-state index is -0.248. The van der Waals surface area contributed by atoms with E-state index in [0.717, 1.165) is 55.6 Å². The maximum atomic E-state index is 13.1. The second kappa shape index (κ2) is 31.3. The van der Waals surface area contributed by atoms with Crippen molar-refractivity contribution in [3.05, 3.63) is 108 Å². The van der Waals surface area contributed by atoms with Crippen LogP contribution in [0.15, 0.2) is 91.1 Å². The molecule has 0 atom stereocenters. The summed E-state index contributed by atoms with van der Waals surface area (Å²) in [5.74, 6) is 0.964. The van der Waals surface area contributed by atoms with E-state index in [1.54, 1.807) is 24.3 Å². The minimum absolute atomic E-state index is 0.190. The van der Waals surface area contributed by atoms with Crippen LogP contribution in [0.25, 0.3) is 0 Å². The lowest BCUT2D eigenvalue weighted by Crippen LogP contribution is -2.29. The van der Waals surface area contributed by atoms with Crippen LogP contribution < -0.4 is 9.47 Å². The third-order valence-corrected chi connectivity index (χ3v) is 10.4. The zero-order valence-corrected chi connectivity index (χ0v) is 35.3. The fraction of sp³-hybridized carbons (Fsp3) is 0.569. The number of ether oxygens (including phenoxy) is 2. The van der Waals surface area contributed by atoms with Crippen molar-refractivity contribution in [3.63, 3.8) is 0 Å². The maximum Gasteiger partial charge on any atom is 0.261 e. The summed E-state index contributed by atoms with van der Waals surface area (Å²) in [4.78, 5) is 27.5. The number of rotatable bonds is 34. The number of hydrogen-bond acceptors (Lipinski definition) is 4. The molecule has 0 radical (unpaired) electrons. The third-order valence-electron chi connectivity index (χ3n) is 10.4. The molecule has 5 heteroatoms. The predicted octanol–water partition coefficient (Wildman–Crippen LogP) is 14.9. The average molecular weight is 766 g/mol. The lowest BCUT2D eigenvalue weighted by atomic mass is 10.1. The van der Waals surface area contributed by atoms with Crippen LogP contribution >= 0.6 is 0 Å². The van der Waals surface area contributed by atoms with Crippen LogP contribution in [-0.4, -0.2) is 29.9 Å². The minimum Gasteiger partial charge on any atom is -0.493 e. The number of allylic oxidation sites excluding steroid dienone is 8. The van der Waals surface area contributed by atoms with Crippen molar-refractivity contribution in [3.8, 4) is 11.5 Å². The number of unbranched alkanes of at least 4 members (excludes halogenated alkanes) is 18. The normalized spacial score (nSPS) is 13.1. The largest absolute Gasteiger partial charge is 0.493 e. The summed E-state index contributed by atoms with van der Waals surface area (Å²) in [7, 11) is 0. The summed E-state index contributed by atoms with van der Waals surface area (Å²) in [6.45, 7) is 5.96. The SMILES string of the molecule is CCCCC/C=C\C/C=C\CCCCCCCCOc1cc(CN2C(=O)c3ccccc3C2=O)cc(OCCCCCCCC/C=C\C/C=C\CCCCC)c1. The Morgan fingerprint density at radius 2 is 0.839 bits per heavy atom. The zero-order valence-electron chi connectivity index (χ0n) is 35.3. The van der Waals surface area contributed by atoms with Crippen molar-refractivity contribution in [1.82, 2.24) is 4.90 Å². The van der Waals surface area contributed by atoms with E-state index in [0.29, 0.717) is 24.3 Å². The smallest absolute Gasteiger partial charge is 0.261 e. The van der Waals surface area contributed by atoms with Gasteiger partial charge in [-0.3, -0.25) is 14.5 Å². The van der Waals surface area contributed by atoms with Gasteiger partial charge in [0.15, 0.2) is 0 Å². The van der Waals surface area contributed by atoms with Gasteiger partial charge in [-0.05, 0) is 107 Å². The topological polar surface area (TPSA) is 55.8 Å². The van der Waals surface area contributed by atoms with E-state index in [9.17, 15) is 9.59 Å². The number of hydrogen-bond donors (Lipinski definition) is 0. The van der Waals surface area contributed by atoms with Crippen LogP contribution in [0, 0.1) is 0 Å². The van der Waals surface area contributed by atoms with Crippen molar-refractivity contribution in [2.24, 2.45) is 0 Å². The van der Waals surface area contributed by atoms with Crippen molar-refractivity contribution in [2.45, 2.75) is 174 Å². The molecule has 308 valence electrons. The molecule has 0 saturated carbocycles. The molecule has 1 aliphatic heterocycles. The quantitative estimate of drug-likeness (QED) is 0.0404. The molecular weight excluding hydrogens is 691 g/mol. The second-order valence-corrected chi connectivity index (χ2v) is 15.4. The maximum absolute atomic E-state index is 13.1. The summed E-state index contributed by atoms with van der Waals surface area (Å²) in [5, 5.41) is 0. The van der Waals surface area contributed by atoms with Gasteiger partial charge in [-0.15, -0.1) is 0 Å². The van der Waals surface area contributed by atoms with Crippen LogP contribution in [0.2, 0.25) is 0 Å². The first-order chi connectivity index (χ1) is 27.6. The van der Waals surface area contributed by atoms with Gasteiger partial charge in [0.25, 0.3) is 11.8 Å². The molecule has 0 aliphatic carbocycles. The highest BCUT2D eigenvalue weighted by Crippen LogP contribution is 2.29. The van der Waals surface area contributed by atoms with Crippen LogP contribution in [0.4, 0.5) is 0 Å². The van der Waals surface area contributed by atoms with Gasteiger partial charge in [0.2, 0.25) is 0 Å². The summed E-state index contributed by atoms with van der Waals surface area (Å²) in [6, 6.07) is 12.9. The van der Waals surface area contributed by atoms with Crippen LogP contribution in [-0.2, 0) is 6.54 Å². The Morgan fingerprint density at radius 3 is 1.25 bits per heavy atom. The van der Waals surface area contributed by atoms with E-state index in [4.69, 9.17) is 9.47 Å². The molecular formula is C51H75NO4. The third kappa shape index (κ3) is 20.3. The van der Waals surface area contributed by atoms with E-state index in [1.165, 1.54) is 120 Å². The van der Waals surface area contributed by atoms with Gasteiger partial charge in [0.05, 0.1) is 30.9 Å². The van der Waals surface area contributed by atoms with E-state index in [2.05, 4.69) is 62.5 Å². The molecule has 3 rings (SSSR count). The lowest BCUT2D eigenvalue weighted by molar-refractivity contribution is 0.0642. The molecule has 2 aromatic carbocycles. The monoisotopic (exact) mass is 766 g/mol. The summed E-state index contributed by atoms with van der Waals surface area (Å²) in [5.41, 5.74) is 1.77. The number of nitrogens with zero attached hydrogens (tertiary/aromatic N) is 1. The molecule has 2 amide bonds. The number of carbonyl (C=O) groups is 2. The molecule has 1 heterocycles. The first kappa shape index (κ1) is 46.5. The number of fused-ring (bicyclic) bond motifs is 1. The highest BCUT2D eigenvalue weighted by molar-refractivity contribution is 6.21. The van der Waals surface area contributed by atoms with Crippen molar-refractivity contribution in [1.29, 1.82) is 0 Å². The van der Waals surface area contributed by atoms with Gasteiger partial charge >= 0.3 is 0 Å². The Morgan fingerprint density at radius 1 is 0.464 bits per heavy atom. The molecule has 0 unspecified atom stereocenters. The van der Waals surface area contributed by atoms with Gasteiger partial charge in [-0.1, -0.05) is 152 Å².